The van der Waals surface area contributed by atoms with E-state index in [0.29, 0.717) is 26.3 Å². The Kier molecular flexibility index (Phi) is 8.32. The number of halogens is 3. The molecule has 5 aromatic rings. The molecule has 4 aromatic carbocycles. The summed E-state index contributed by atoms with van der Waals surface area (Å²) in [5.74, 6) is -1.45. The topological polar surface area (TPSA) is 121 Å². The van der Waals surface area contributed by atoms with Crippen molar-refractivity contribution in [2.24, 2.45) is 0 Å². The molecule has 2 amide bonds. The molecule has 0 atom stereocenters. The Hall–Kier alpha value is -4.28. The maximum Gasteiger partial charge on any atom is 0.257 e. The smallest absolute Gasteiger partial charge is 0.257 e. The molecule has 0 aliphatic heterocycles. The highest BCUT2D eigenvalue weighted by Gasteiger charge is 2.19. The fraction of sp³-hybridized carbons (Fsp3) is 0. The molecule has 8 nitrogen and oxygen atoms in total. The Balaban J connectivity index is 1.28. The molecule has 0 saturated heterocycles. The number of nitrogens with one attached hydrogen (secondary N) is 2. The maximum atomic E-state index is 13.0. The highest BCUT2D eigenvalue weighted by atomic mass is 35.5. The van der Waals surface area contributed by atoms with Crippen LogP contribution in [0.25, 0.3) is 10.6 Å². The number of aromatic hydroxyl groups is 1. The van der Waals surface area contributed by atoms with E-state index in [2.05, 4.69) is 20.8 Å². The summed E-state index contributed by atoms with van der Waals surface area (Å²) >= 11 is 19.1. The fourth-order valence-corrected chi connectivity index (χ4v) is 5.23. The van der Waals surface area contributed by atoms with Gasteiger partial charge in [0.1, 0.15) is 5.75 Å². The lowest BCUT2D eigenvalue weighted by Crippen LogP contribution is -2.16. The number of ketones is 1. The molecule has 1 aromatic heterocycles. The van der Waals surface area contributed by atoms with Gasteiger partial charge in [-0.2, -0.15) is 0 Å². The molecule has 0 unspecified atom stereocenters. The van der Waals surface area contributed by atoms with Crippen molar-refractivity contribution in [2.75, 3.05) is 10.6 Å². The molecule has 0 aliphatic carbocycles. The van der Waals surface area contributed by atoms with Crippen LogP contribution in [0.15, 0.2) is 84.9 Å². The van der Waals surface area contributed by atoms with Crippen molar-refractivity contribution < 1.29 is 19.5 Å². The number of rotatable bonds is 7. The summed E-state index contributed by atoms with van der Waals surface area (Å²) in [6, 6.07) is 22.1. The minimum atomic E-state index is -0.485. The molecule has 0 spiro atoms. The van der Waals surface area contributed by atoms with Crippen LogP contribution in [0.2, 0.25) is 15.1 Å². The Morgan fingerprint density at radius 3 is 2.05 bits per heavy atom. The third-order valence-corrected chi connectivity index (χ3v) is 7.44. The molecule has 0 fully saturated rings. The van der Waals surface area contributed by atoms with Crippen molar-refractivity contribution in [1.29, 1.82) is 0 Å². The second kappa shape index (κ2) is 12.1. The van der Waals surface area contributed by atoms with Crippen LogP contribution in [0.5, 0.6) is 5.75 Å². The van der Waals surface area contributed by atoms with Gasteiger partial charge in [-0.05, 0) is 54.6 Å². The molecule has 5 rings (SSSR count). The number of phenolic OH excluding ortho intramolecular Hbond substituents is 1. The number of hydrogen-bond donors (Lipinski definition) is 3. The van der Waals surface area contributed by atoms with Gasteiger partial charge in [0, 0.05) is 32.3 Å². The zero-order valence-corrected chi connectivity index (χ0v) is 23.8. The summed E-state index contributed by atoms with van der Waals surface area (Å²) in [4.78, 5) is 38.8. The molecular formula is C29H17Cl3N4O4S. The van der Waals surface area contributed by atoms with Crippen LogP contribution in [0.1, 0.15) is 36.6 Å². The van der Waals surface area contributed by atoms with E-state index in [9.17, 15) is 19.5 Å². The summed E-state index contributed by atoms with van der Waals surface area (Å²) < 4.78 is 0. The first-order valence-electron chi connectivity index (χ1n) is 11.8. The Morgan fingerprint density at radius 1 is 0.707 bits per heavy atom. The SMILES string of the molecule is O=C(Nc1nnc(-c2cc(Cl)cc(Cl)c2O)s1)c1ccc(C(=O)Nc2ccc(Cl)cc2C(=O)c2ccccc2)cc1. The van der Waals surface area contributed by atoms with E-state index in [0.717, 1.165) is 11.3 Å². The molecule has 1 heterocycles. The van der Waals surface area contributed by atoms with Crippen molar-refractivity contribution >= 4 is 74.6 Å². The van der Waals surface area contributed by atoms with Crippen LogP contribution in [-0.4, -0.2) is 32.9 Å². The average molecular weight is 624 g/mol. The van der Waals surface area contributed by atoms with E-state index in [1.165, 1.54) is 42.5 Å². The zero-order chi connectivity index (χ0) is 29.1. The van der Waals surface area contributed by atoms with E-state index in [1.807, 2.05) is 0 Å². The standard InChI is InChI=1S/C29H17Cl3N4O4S/c30-18-10-11-23(20(12-18)24(37)15-4-2-1-3-5-15)33-26(39)16-6-8-17(9-7-16)27(40)34-29-36-35-28(41-29)21-13-19(31)14-22(32)25(21)38/h1-14,38H,(H,33,39)(H,34,36,40). The molecule has 0 bridgehead atoms. The predicted molar refractivity (Wildman–Crippen MR) is 161 cm³/mol. The Bertz CT molecular complexity index is 1790. The quantitative estimate of drug-likeness (QED) is 0.161. The number of benzene rings is 4. The van der Waals surface area contributed by atoms with Crippen LogP contribution in [0.3, 0.4) is 0 Å². The number of nitrogens with zero attached hydrogens (tertiary/aromatic N) is 2. The monoisotopic (exact) mass is 622 g/mol. The predicted octanol–water partition coefficient (Wildman–Crippen LogP) is 7.61. The van der Waals surface area contributed by atoms with Crippen LogP contribution in [0, 0.1) is 0 Å². The summed E-state index contributed by atoms with van der Waals surface area (Å²) in [7, 11) is 0. The largest absolute Gasteiger partial charge is 0.506 e. The van der Waals surface area contributed by atoms with E-state index in [-0.39, 0.29) is 43.9 Å². The average Bonchev–Trinajstić information content (AvgIpc) is 3.44. The highest BCUT2D eigenvalue weighted by Crippen LogP contribution is 2.39. The normalized spacial score (nSPS) is 10.7. The van der Waals surface area contributed by atoms with Gasteiger partial charge in [0.25, 0.3) is 11.8 Å². The first-order chi connectivity index (χ1) is 19.7. The minimum Gasteiger partial charge on any atom is -0.506 e. The summed E-state index contributed by atoms with van der Waals surface area (Å²) in [5, 5.41) is 24.7. The number of carbonyl (C=O) groups excluding carboxylic acids is 3. The van der Waals surface area contributed by atoms with Crippen molar-refractivity contribution in [2.45, 2.75) is 0 Å². The number of anilines is 2. The maximum absolute atomic E-state index is 13.0. The van der Waals surface area contributed by atoms with Crippen molar-refractivity contribution in [1.82, 2.24) is 10.2 Å². The lowest BCUT2D eigenvalue weighted by Gasteiger charge is -2.12. The lowest BCUT2D eigenvalue weighted by atomic mass is 10.0. The van der Waals surface area contributed by atoms with Crippen molar-refractivity contribution in [3.8, 4) is 16.3 Å². The first kappa shape index (κ1) is 28.3. The second-order valence-electron chi connectivity index (χ2n) is 8.57. The molecule has 0 saturated carbocycles. The molecule has 204 valence electrons. The van der Waals surface area contributed by atoms with Crippen LogP contribution in [0.4, 0.5) is 10.8 Å². The Morgan fingerprint density at radius 2 is 1.37 bits per heavy atom. The molecule has 41 heavy (non-hydrogen) atoms. The number of carbonyl (C=O) groups is 3. The van der Waals surface area contributed by atoms with Crippen LogP contribution < -0.4 is 10.6 Å². The lowest BCUT2D eigenvalue weighted by molar-refractivity contribution is 0.101. The number of aromatic nitrogens is 2. The molecule has 0 radical (unpaired) electrons. The van der Waals surface area contributed by atoms with Crippen LogP contribution in [-0.2, 0) is 0 Å². The molecule has 3 N–H and O–H groups in total. The summed E-state index contributed by atoms with van der Waals surface area (Å²) in [6.45, 7) is 0. The highest BCUT2D eigenvalue weighted by molar-refractivity contribution is 7.18. The fourth-order valence-electron chi connectivity index (χ4n) is 3.81. The van der Waals surface area contributed by atoms with E-state index in [1.54, 1.807) is 42.5 Å². The van der Waals surface area contributed by atoms with Crippen LogP contribution >= 0.6 is 46.1 Å². The molecule has 12 heteroatoms. The van der Waals surface area contributed by atoms with Gasteiger partial charge in [0.2, 0.25) is 5.13 Å². The van der Waals surface area contributed by atoms with E-state index in [4.69, 9.17) is 34.8 Å². The van der Waals surface area contributed by atoms with Crippen molar-refractivity contribution in [3.63, 3.8) is 0 Å². The summed E-state index contributed by atoms with van der Waals surface area (Å²) in [5.41, 5.74) is 1.81. The third-order valence-electron chi connectivity index (χ3n) is 5.82. The van der Waals surface area contributed by atoms with Gasteiger partial charge in [-0.25, -0.2) is 0 Å². The number of hydrogen-bond acceptors (Lipinski definition) is 7. The van der Waals surface area contributed by atoms with Gasteiger partial charge in [-0.3, -0.25) is 19.7 Å². The van der Waals surface area contributed by atoms with Gasteiger partial charge in [-0.15, -0.1) is 10.2 Å². The molecular weight excluding hydrogens is 607 g/mol. The molecule has 0 aliphatic rings. The summed E-state index contributed by atoms with van der Waals surface area (Å²) in [6.07, 6.45) is 0. The van der Waals surface area contributed by atoms with Gasteiger partial charge in [-0.1, -0.05) is 76.5 Å². The van der Waals surface area contributed by atoms with E-state index < -0.39 is 11.8 Å². The number of amides is 2. The number of phenols is 1. The Labute approximate surface area is 252 Å². The van der Waals surface area contributed by atoms with Gasteiger partial charge >= 0.3 is 0 Å². The van der Waals surface area contributed by atoms with Gasteiger partial charge in [0.15, 0.2) is 10.8 Å². The first-order valence-corrected chi connectivity index (χ1v) is 13.8. The zero-order valence-electron chi connectivity index (χ0n) is 20.7. The third kappa shape index (κ3) is 6.39. The van der Waals surface area contributed by atoms with E-state index >= 15 is 0 Å². The van der Waals surface area contributed by atoms with Crippen molar-refractivity contribution in [3.05, 3.63) is 122 Å². The van der Waals surface area contributed by atoms with Gasteiger partial charge in [0.05, 0.1) is 16.3 Å². The van der Waals surface area contributed by atoms with Gasteiger partial charge < -0.3 is 10.4 Å². The minimum absolute atomic E-state index is 0.0625. The second-order valence-corrected chi connectivity index (χ2v) is 10.8.